The molecule has 0 saturated heterocycles. The van der Waals surface area contributed by atoms with E-state index in [-0.39, 0.29) is 6.04 Å². The fourth-order valence-electron chi connectivity index (χ4n) is 1.89. The van der Waals surface area contributed by atoms with Crippen LogP contribution < -0.4 is 5.32 Å². The number of aromatic nitrogens is 5. The van der Waals surface area contributed by atoms with Crippen LogP contribution >= 0.6 is 0 Å². The van der Waals surface area contributed by atoms with Crippen LogP contribution in [0.5, 0.6) is 0 Å². The first-order chi connectivity index (χ1) is 8.63. The molecule has 6 nitrogen and oxygen atoms in total. The van der Waals surface area contributed by atoms with Crippen molar-refractivity contribution in [1.29, 1.82) is 0 Å². The van der Waals surface area contributed by atoms with Crippen molar-refractivity contribution in [3.05, 3.63) is 29.6 Å². The van der Waals surface area contributed by atoms with E-state index >= 15 is 0 Å². The van der Waals surface area contributed by atoms with Crippen LogP contribution in [0.4, 0.5) is 0 Å². The molecule has 1 N–H and O–H groups in total. The molecule has 0 aliphatic carbocycles. The summed E-state index contributed by atoms with van der Waals surface area (Å²) in [5.41, 5.74) is 2.02. The Morgan fingerprint density at radius 1 is 1.39 bits per heavy atom. The smallest absolute Gasteiger partial charge is 0.109 e. The highest BCUT2D eigenvalue weighted by atomic mass is 15.4. The number of rotatable bonds is 5. The fourth-order valence-corrected chi connectivity index (χ4v) is 1.89. The molecule has 0 fully saturated rings. The molecular formula is C12H20N6. The molecule has 2 aromatic rings. The zero-order chi connectivity index (χ0) is 13.1. The van der Waals surface area contributed by atoms with Gasteiger partial charge in [0.2, 0.25) is 0 Å². The van der Waals surface area contributed by atoms with Gasteiger partial charge in [0, 0.05) is 31.9 Å². The summed E-state index contributed by atoms with van der Waals surface area (Å²) in [4.78, 5) is 4.65. The van der Waals surface area contributed by atoms with Gasteiger partial charge in [0.25, 0.3) is 0 Å². The zero-order valence-electron chi connectivity index (χ0n) is 11.4. The second-order valence-corrected chi connectivity index (χ2v) is 4.46. The lowest BCUT2D eigenvalue weighted by Gasteiger charge is -2.04. The Kier molecular flexibility index (Phi) is 3.76. The van der Waals surface area contributed by atoms with Crippen molar-refractivity contribution >= 4 is 0 Å². The molecule has 98 valence electrons. The number of hydrogen-bond donors (Lipinski definition) is 1. The molecule has 0 aliphatic heterocycles. The number of nitrogens with one attached hydrogen (secondary N) is 1. The van der Waals surface area contributed by atoms with Crippen LogP contribution in [0, 0.1) is 0 Å². The van der Waals surface area contributed by atoms with Crippen LogP contribution in [-0.2, 0) is 20.0 Å². The van der Waals surface area contributed by atoms with E-state index < -0.39 is 0 Å². The molecule has 2 rings (SSSR count). The monoisotopic (exact) mass is 248 g/mol. The largest absolute Gasteiger partial charge is 0.328 e. The lowest BCUT2D eigenvalue weighted by atomic mass is 10.3. The van der Waals surface area contributed by atoms with Crippen LogP contribution in [0.25, 0.3) is 0 Å². The maximum Gasteiger partial charge on any atom is 0.109 e. The second kappa shape index (κ2) is 5.30. The van der Waals surface area contributed by atoms with Gasteiger partial charge in [-0.1, -0.05) is 12.1 Å². The molecule has 0 amide bonds. The minimum Gasteiger partial charge on any atom is -0.328 e. The molecule has 0 aliphatic rings. The topological polar surface area (TPSA) is 60.6 Å². The Morgan fingerprint density at radius 2 is 2.17 bits per heavy atom. The van der Waals surface area contributed by atoms with Gasteiger partial charge in [-0.15, -0.1) is 5.10 Å². The van der Waals surface area contributed by atoms with Gasteiger partial charge in [0.1, 0.15) is 11.5 Å². The Labute approximate surface area is 107 Å². The van der Waals surface area contributed by atoms with E-state index in [1.165, 1.54) is 0 Å². The predicted octanol–water partition coefficient (Wildman–Crippen LogP) is 0.903. The van der Waals surface area contributed by atoms with Gasteiger partial charge in [0.15, 0.2) is 0 Å². The van der Waals surface area contributed by atoms with Gasteiger partial charge in [-0.25, -0.2) is 4.98 Å². The molecule has 0 radical (unpaired) electrons. The van der Waals surface area contributed by atoms with Gasteiger partial charge in [-0.05, 0) is 14.0 Å². The molecule has 6 heteroatoms. The molecule has 0 aromatic carbocycles. The minimum absolute atomic E-state index is 0.262. The molecule has 18 heavy (non-hydrogen) atoms. The normalized spacial score (nSPS) is 12.9. The van der Waals surface area contributed by atoms with Crippen molar-refractivity contribution in [2.24, 2.45) is 7.05 Å². The molecule has 0 saturated carbocycles. The van der Waals surface area contributed by atoms with E-state index in [1.54, 1.807) is 4.68 Å². The molecule has 1 atom stereocenters. The summed E-state index contributed by atoms with van der Waals surface area (Å²) in [6, 6.07) is 0.262. The number of hydrogen-bond acceptors (Lipinski definition) is 4. The van der Waals surface area contributed by atoms with Crippen LogP contribution in [0.3, 0.4) is 0 Å². The average molecular weight is 248 g/mol. The highest BCUT2D eigenvalue weighted by Crippen LogP contribution is 2.13. The van der Waals surface area contributed by atoms with Gasteiger partial charge >= 0.3 is 0 Å². The number of imidazole rings is 1. The maximum absolute atomic E-state index is 4.65. The van der Waals surface area contributed by atoms with E-state index in [0.29, 0.717) is 0 Å². The Balaban J connectivity index is 2.23. The molecule has 2 heterocycles. The van der Waals surface area contributed by atoms with Crippen LogP contribution in [0.2, 0.25) is 0 Å². The van der Waals surface area contributed by atoms with Crippen LogP contribution in [-0.4, -0.2) is 31.6 Å². The first-order valence-corrected chi connectivity index (χ1v) is 6.22. The summed E-state index contributed by atoms with van der Waals surface area (Å²) >= 11 is 0. The maximum atomic E-state index is 4.65. The van der Waals surface area contributed by atoms with Crippen molar-refractivity contribution in [3.8, 4) is 0 Å². The molecule has 1 unspecified atom stereocenters. The molecule has 2 aromatic heterocycles. The summed E-state index contributed by atoms with van der Waals surface area (Å²) in [5.74, 6) is 1.08. The lowest BCUT2D eigenvalue weighted by molar-refractivity contribution is 0.634. The summed E-state index contributed by atoms with van der Waals surface area (Å²) in [7, 11) is 3.82. The first-order valence-electron chi connectivity index (χ1n) is 6.22. The van der Waals surface area contributed by atoms with Gasteiger partial charge in [-0.3, -0.25) is 4.68 Å². The van der Waals surface area contributed by atoms with E-state index in [1.807, 2.05) is 20.3 Å². The van der Waals surface area contributed by atoms with Crippen molar-refractivity contribution in [2.45, 2.75) is 32.9 Å². The highest BCUT2D eigenvalue weighted by Gasteiger charge is 2.12. The summed E-state index contributed by atoms with van der Waals surface area (Å²) in [5, 5.41) is 11.3. The summed E-state index contributed by atoms with van der Waals surface area (Å²) < 4.78 is 3.86. The minimum atomic E-state index is 0.262. The zero-order valence-corrected chi connectivity index (χ0v) is 11.4. The first kappa shape index (κ1) is 12.8. The third kappa shape index (κ3) is 2.59. The van der Waals surface area contributed by atoms with E-state index in [9.17, 15) is 0 Å². The van der Waals surface area contributed by atoms with Crippen molar-refractivity contribution in [3.63, 3.8) is 0 Å². The standard InChI is InChI=1S/C12H20N6/c1-5-12-14-11(9(2)13-3)8-18(12)7-10-6-17(4)16-15-10/h6,8-9,13H,5,7H2,1-4H3. The number of nitrogens with zero attached hydrogens (tertiary/aromatic N) is 5. The average Bonchev–Trinajstić information content (AvgIpc) is 2.95. The van der Waals surface area contributed by atoms with E-state index in [0.717, 1.165) is 30.2 Å². The summed E-state index contributed by atoms with van der Waals surface area (Å²) in [6.07, 6.45) is 4.94. The van der Waals surface area contributed by atoms with Gasteiger partial charge < -0.3 is 9.88 Å². The Hall–Kier alpha value is -1.69. The Morgan fingerprint density at radius 3 is 2.72 bits per heavy atom. The van der Waals surface area contributed by atoms with Gasteiger partial charge in [-0.2, -0.15) is 0 Å². The lowest BCUT2D eigenvalue weighted by Crippen LogP contribution is -2.12. The third-order valence-electron chi connectivity index (χ3n) is 3.05. The van der Waals surface area contributed by atoms with E-state index in [2.05, 4.69) is 45.2 Å². The predicted molar refractivity (Wildman–Crippen MR) is 69.2 cm³/mol. The molecular weight excluding hydrogens is 228 g/mol. The van der Waals surface area contributed by atoms with Crippen molar-refractivity contribution < 1.29 is 0 Å². The van der Waals surface area contributed by atoms with Crippen molar-refractivity contribution in [1.82, 2.24) is 29.9 Å². The molecule has 0 spiro atoms. The van der Waals surface area contributed by atoms with E-state index in [4.69, 9.17) is 0 Å². The van der Waals surface area contributed by atoms with Crippen molar-refractivity contribution in [2.75, 3.05) is 7.05 Å². The fraction of sp³-hybridized carbons (Fsp3) is 0.583. The highest BCUT2D eigenvalue weighted by molar-refractivity contribution is 5.10. The summed E-state index contributed by atoms with van der Waals surface area (Å²) in [6.45, 7) is 4.94. The quantitative estimate of drug-likeness (QED) is 0.854. The third-order valence-corrected chi connectivity index (χ3v) is 3.05. The van der Waals surface area contributed by atoms with Gasteiger partial charge in [0.05, 0.1) is 12.2 Å². The van der Waals surface area contributed by atoms with Crippen LogP contribution in [0.15, 0.2) is 12.4 Å². The second-order valence-electron chi connectivity index (χ2n) is 4.46. The SMILES string of the molecule is CCc1nc(C(C)NC)cn1Cc1cn(C)nn1. The van der Waals surface area contributed by atoms with Crippen LogP contribution in [0.1, 0.15) is 37.1 Å². The number of aryl methyl sites for hydroxylation is 2. The Bertz CT molecular complexity index is 512. The molecule has 0 bridgehead atoms.